The van der Waals surface area contributed by atoms with Gasteiger partial charge in [0.15, 0.2) is 0 Å². The van der Waals surface area contributed by atoms with E-state index in [0.29, 0.717) is 0 Å². The summed E-state index contributed by atoms with van der Waals surface area (Å²) in [7, 11) is 0. The highest BCUT2D eigenvalue weighted by atomic mass is 15.2. The fourth-order valence-corrected chi connectivity index (χ4v) is 5.92. The molecule has 0 spiro atoms. The zero-order chi connectivity index (χ0) is 25.3. The van der Waals surface area contributed by atoms with Gasteiger partial charge in [-0.3, -0.25) is 0 Å². The number of nitrogens with zero attached hydrogens (tertiary/aromatic N) is 1. The van der Waals surface area contributed by atoms with Crippen molar-refractivity contribution in [1.29, 1.82) is 0 Å². The van der Waals surface area contributed by atoms with Crippen LogP contribution in [0.25, 0.3) is 22.3 Å². The van der Waals surface area contributed by atoms with Crippen LogP contribution in [0, 0.1) is 0 Å². The van der Waals surface area contributed by atoms with Crippen molar-refractivity contribution in [3.63, 3.8) is 0 Å². The average molecular weight is 459 g/mol. The zero-order valence-corrected chi connectivity index (χ0v) is 21.5. The first kappa shape index (κ1) is 21.0. The van der Waals surface area contributed by atoms with E-state index >= 15 is 0 Å². The normalized spacial score (nSPS) is 17.3. The quantitative estimate of drug-likeness (QED) is 0.294. The minimum Gasteiger partial charge on any atom is -0.335 e. The Hall–Kier alpha value is -3.32. The Labute approximate surface area is 211 Å². The van der Waals surface area contributed by atoms with Crippen molar-refractivity contribution < 1.29 is 1.37 Å². The number of hydrogen-bond donors (Lipinski definition) is 0. The number of rotatable bonds is 4. The zero-order valence-electron chi connectivity index (χ0n) is 22.5. The Kier molecular flexibility index (Phi) is 4.71. The van der Waals surface area contributed by atoms with E-state index in [2.05, 4.69) is 131 Å². The van der Waals surface area contributed by atoms with E-state index in [0.717, 1.165) is 18.4 Å². The van der Waals surface area contributed by atoms with Crippen LogP contribution in [0.2, 0.25) is 0 Å². The van der Waals surface area contributed by atoms with Gasteiger partial charge in [0, 0.05) is 29.3 Å². The van der Waals surface area contributed by atoms with E-state index in [1.807, 2.05) is 0 Å². The predicted molar refractivity (Wildman–Crippen MR) is 150 cm³/mol. The molecule has 2 aliphatic rings. The lowest BCUT2D eigenvalue weighted by atomic mass is 9.81. The van der Waals surface area contributed by atoms with E-state index in [1.54, 1.807) is 0 Å². The Morgan fingerprint density at radius 2 is 1.34 bits per heavy atom. The van der Waals surface area contributed by atoms with Crippen molar-refractivity contribution in [3.05, 3.63) is 108 Å². The van der Waals surface area contributed by atoms with Gasteiger partial charge in [0.25, 0.3) is 0 Å². The summed E-state index contributed by atoms with van der Waals surface area (Å²) in [5.41, 5.74) is 11.1. The van der Waals surface area contributed by atoms with Gasteiger partial charge in [0.2, 0.25) is 0 Å². The largest absolute Gasteiger partial charge is 0.335 e. The highest BCUT2D eigenvalue weighted by Gasteiger charge is 2.40. The van der Waals surface area contributed by atoms with Crippen LogP contribution in [0.15, 0.2) is 91.0 Å². The first-order valence-electron chi connectivity index (χ1n) is 13.3. The molecular formula is C34H35N. The summed E-state index contributed by atoms with van der Waals surface area (Å²) in [4.78, 5) is 2.50. The van der Waals surface area contributed by atoms with Crippen LogP contribution in [-0.4, -0.2) is 5.54 Å². The van der Waals surface area contributed by atoms with Crippen LogP contribution >= 0.6 is 0 Å². The number of para-hydroxylation sites is 1. The van der Waals surface area contributed by atoms with Crippen LogP contribution < -0.4 is 4.90 Å². The van der Waals surface area contributed by atoms with Gasteiger partial charge in [0.05, 0.1) is 0 Å². The molecule has 1 heteroatoms. The van der Waals surface area contributed by atoms with Crippen LogP contribution in [0.3, 0.4) is 0 Å². The summed E-state index contributed by atoms with van der Waals surface area (Å²) in [5, 5.41) is 0. The van der Waals surface area contributed by atoms with E-state index < -0.39 is 5.89 Å². The first-order chi connectivity index (χ1) is 17.1. The molecular weight excluding hydrogens is 422 g/mol. The Bertz CT molecular complexity index is 1450. The third-order valence-electron chi connectivity index (χ3n) is 7.72. The molecule has 6 rings (SSSR count). The van der Waals surface area contributed by atoms with Crippen LogP contribution in [0.4, 0.5) is 11.4 Å². The molecule has 0 bridgehead atoms. The SMILES string of the molecule is [2H]C1(c2cc3c(cc2N(c2ccccc2-c2ccccc2)C(C)(C)C)C(C)(C)c2ccccc2-3)CC1. The van der Waals surface area contributed by atoms with Gasteiger partial charge in [-0.2, -0.15) is 0 Å². The summed E-state index contributed by atoms with van der Waals surface area (Å²) < 4.78 is 9.32. The lowest BCUT2D eigenvalue weighted by Crippen LogP contribution is -2.38. The molecule has 0 amide bonds. The lowest BCUT2D eigenvalue weighted by Gasteiger charge is -2.41. The van der Waals surface area contributed by atoms with Gasteiger partial charge in [-0.15, -0.1) is 0 Å². The maximum absolute atomic E-state index is 9.32. The number of benzene rings is 4. The Balaban J connectivity index is 1.64. The molecule has 1 nitrogen and oxygen atoms in total. The van der Waals surface area contributed by atoms with Crippen molar-refractivity contribution in [2.75, 3.05) is 4.90 Å². The molecule has 0 N–H and O–H groups in total. The molecule has 4 aromatic rings. The Morgan fingerprint density at radius 3 is 2.03 bits per heavy atom. The molecule has 35 heavy (non-hydrogen) atoms. The van der Waals surface area contributed by atoms with Gasteiger partial charge in [-0.1, -0.05) is 86.6 Å². The molecule has 0 saturated heterocycles. The van der Waals surface area contributed by atoms with Gasteiger partial charge in [0.1, 0.15) is 0 Å². The second kappa shape index (κ2) is 7.85. The van der Waals surface area contributed by atoms with Crippen molar-refractivity contribution >= 4 is 11.4 Å². The summed E-state index contributed by atoms with van der Waals surface area (Å²) in [6.07, 6.45) is 1.84. The van der Waals surface area contributed by atoms with Crippen LogP contribution in [0.1, 0.15) is 71.4 Å². The highest BCUT2D eigenvalue weighted by Crippen LogP contribution is 2.55. The van der Waals surface area contributed by atoms with E-state index in [4.69, 9.17) is 0 Å². The number of anilines is 2. The molecule has 0 aliphatic heterocycles. The van der Waals surface area contributed by atoms with Gasteiger partial charge < -0.3 is 4.90 Å². The van der Waals surface area contributed by atoms with Crippen molar-refractivity contribution in [2.24, 2.45) is 0 Å². The van der Waals surface area contributed by atoms with Gasteiger partial charge >= 0.3 is 0 Å². The second-order valence-corrected chi connectivity index (χ2v) is 11.6. The topological polar surface area (TPSA) is 3.24 Å². The molecule has 0 heterocycles. The fourth-order valence-electron chi connectivity index (χ4n) is 5.92. The summed E-state index contributed by atoms with van der Waals surface area (Å²) in [6.45, 7) is 11.5. The molecule has 0 radical (unpaired) electrons. The first-order valence-corrected chi connectivity index (χ1v) is 12.8. The maximum Gasteiger partial charge on any atom is 0.0495 e. The van der Waals surface area contributed by atoms with E-state index in [9.17, 15) is 1.37 Å². The highest BCUT2D eigenvalue weighted by molar-refractivity contribution is 5.88. The van der Waals surface area contributed by atoms with Crippen molar-refractivity contribution in [3.8, 4) is 22.3 Å². The molecule has 0 aromatic heterocycles. The third-order valence-corrected chi connectivity index (χ3v) is 7.72. The molecule has 1 fully saturated rings. The standard InChI is InChI=1S/C34H35N/c1-33(2,3)35(31-18-12-10-15-25(31)23-13-7-6-8-14-23)32-22-30-28(21-27(32)24-19-20-24)26-16-9-11-17-29(26)34(30,4)5/h6-18,21-22,24H,19-20H2,1-5H3/i24D. The summed E-state index contributed by atoms with van der Waals surface area (Å²) >= 11 is 0. The van der Waals surface area contributed by atoms with Crippen molar-refractivity contribution in [2.45, 2.75) is 64.3 Å². The number of hydrogen-bond acceptors (Lipinski definition) is 1. The van der Waals surface area contributed by atoms with Crippen LogP contribution in [-0.2, 0) is 5.41 Å². The minimum atomic E-state index is -0.517. The van der Waals surface area contributed by atoms with E-state index in [-0.39, 0.29) is 11.0 Å². The Morgan fingerprint density at radius 1 is 0.714 bits per heavy atom. The predicted octanol–water partition coefficient (Wildman–Crippen LogP) is 9.47. The fraction of sp³-hybridized carbons (Fsp3) is 0.294. The monoisotopic (exact) mass is 458 g/mol. The number of fused-ring (bicyclic) bond motifs is 3. The second-order valence-electron chi connectivity index (χ2n) is 11.6. The summed E-state index contributed by atoms with van der Waals surface area (Å²) in [5.74, 6) is -0.517. The molecule has 0 unspecified atom stereocenters. The molecule has 0 atom stereocenters. The minimum absolute atomic E-state index is 0.0829. The molecule has 4 aromatic carbocycles. The third kappa shape index (κ3) is 3.60. The lowest BCUT2D eigenvalue weighted by molar-refractivity contribution is 0.558. The van der Waals surface area contributed by atoms with E-state index in [1.165, 1.54) is 44.8 Å². The maximum atomic E-state index is 9.32. The molecule has 2 aliphatic carbocycles. The smallest absolute Gasteiger partial charge is 0.0495 e. The molecule has 1 saturated carbocycles. The molecule has 176 valence electrons. The van der Waals surface area contributed by atoms with Crippen LogP contribution in [0.5, 0.6) is 0 Å². The summed E-state index contributed by atoms with van der Waals surface area (Å²) in [6, 6.07) is 33.0. The van der Waals surface area contributed by atoms with Crippen molar-refractivity contribution in [1.82, 2.24) is 0 Å². The van der Waals surface area contributed by atoms with Gasteiger partial charge in [-0.25, -0.2) is 0 Å². The average Bonchev–Trinajstić information content (AvgIpc) is 3.57. The van der Waals surface area contributed by atoms with Gasteiger partial charge in [-0.05, 0) is 91.1 Å².